The molecule has 0 radical (unpaired) electrons. The summed E-state index contributed by atoms with van der Waals surface area (Å²) in [7, 11) is 3.93. The highest BCUT2D eigenvalue weighted by atomic mass is 16.5. The summed E-state index contributed by atoms with van der Waals surface area (Å²) in [5.41, 5.74) is 3.49. The van der Waals surface area contributed by atoms with Crippen molar-refractivity contribution in [1.29, 1.82) is 0 Å². The Morgan fingerprint density at radius 2 is 2.21 bits per heavy atom. The second-order valence-corrected chi connectivity index (χ2v) is 4.82. The summed E-state index contributed by atoms with van der Waals surface area (Å²) in [6.45, 7) is 4.76. The molecule has 1 heterocycles. The summed E-state index contributed by atoms with van der Waals surface area (Å²) in [5.74, 6) is 0.924. The van der Waals surface area contributed by atoms with Gasteiger partial charge in [0.1, 0.15) is 12.4 Å². The molecule has 4 heteroatoms. The zero-order chi connectivity index (χ0) is 13.8. The number of aryl methyl sites for hydroxylation is 2. The number of hydrogen-bond donors (Lipinski definition) is 1. The summed E-state index contributed by atoms with van der Waals surface area (Å²) in [6, 6.07) is 6.66. The topological polar surface area (TPSA) is 39.1 Å². The molecule has 0 bridgehead atoms. The van der Waals surface area contributed by atoms with Crippen molar-refractivity contribution >= 4 is 0 Å². The highest BCUT2D eigenvalue weighted by molar-refractivity contribution is 5.37. The fourth-order valence-electron chi connectivity index (χ4n) is 1.95. The van der Waals surface area contributed by atoms with Crippen LogP contribution in [0.25, 0.3) is 0 Å². The van der Waals surface area contributed by atoms with Crippen LogP contribution in [-0.4, -0.2) is 16.6 Å². The Balaban J connectivity index is 2.07. The van der Waals surface area contributed by atoms with Crippen molar-refractivity contribution in [3.05, 3.63) is 47.5 Å². The van der Waals surface area contributed by atoms with Gasteiger partial charge in [-0.25, -0.2) is 4.98 Å². The third-order valence-corrected chi connectivity index (χ3v) is 3.42. The SMILES string of the molecule is CNC(C)c1ccc(OCc2cncn2C)c(C)c1. The average Bonchev–Trinajstić information content (AvgIpc) is 2.82. The van der Waals surface area contributed by atoms with Gasteiger partial charge in [0.05, 0.1) is 18.2 Å². The van der Waals surface area contributed by atoms with E-state index in [-0.39, 0.29) is 0 Å². The number of ether oxygens (including phenoxy) is 1. The first kappa shape index (κ1) is 13.6. The maximum Gasteiger partial charge on any atom is 0.130 e. The molecule has 0 aliphatic heterocycles. The third-order valence-electron chi connectivity index (χ3n) is 3.42. The monoisotopic (exact) mass is 259 g/mol. The van der Waals surface area contributed by atoms with E-state index >= 15 is 0 Å². The Hall–Kier alpha value is -1.81. The molecule has 0 spiro atoms. The molecule has 4 nitrogen and oxygen atoms in total. The van der Waals surface area contributed by atoms with E-state index in [0.29, 0.717) is 12.6 Å². The summed E-state index contributed by atoms with van der Waals surface area (Å²) < 4.78 is 7.81. The minimum Gasteiger partial charge on any atom is -0.487 e. The number of rotatable bonds is 5. The molecule has 0 aliphatic carbocycles. The summed E-state index contributed by atoms with van der Waals surface area (Å²) in [6.07, 6.45) is 3.61. The Labute approximate surface area is 114 Å². The zero-order valence-electron chi connectivity index (χ0n) is 12.0. The van der Waals surface area contributed by atoms with Gasteiger partial charge in [0.2, 0.25) is 0 Å². The highest BCUT2D eigenvalue weighted by Gasteiger charge is 2.07. The zero-order valence-corrected chi connectivity index (χ0v) is 12.0. The highest BCUT2D eigenvalue weighted by Crippen LogP contribution is 2.23. The fourth-order valence-corrected chi connectivity index (χ4v) is 1.95. The molecule has 0 saturated heterocycles. The lowest BCUT2D eigenvalue weighted by molar-refractivity contribution is 0.295. The van der Waals surface area contributed by atoms with Gasteiger partial charge < -0.3 is 14.6 Å². The van der Waals surface area contributed by atoms with Crippen molar-refractivity contribution in [2.24, 2.45) is 7.05 Å². The number of hydrogen-bond acceptors (Lipinski definition) is 3. The van der Waals surface area contributed by atoms with E-state index in [9.17, 15) is 0 Å². The van der Waals surface area contributed by atoms with E-state index in [0.717, 1.165) is 17.0 Å². The number of aromatic nitrogens is 2. The molecular formula is C15H21N3O. The summed E-state index contributed by atoms with van der Waals surface area (Å²) in [4.78, 5) is 4.08. The van der Waals surface area contributed by atoms with E-state index in [2.05, 4.69) is 36.3 Å². The molecule has 1 aromatic carbocycles. The molecule has 2 aromatic rings. The number of nitrogens with one attached hydrogen (secondary N) is 1. The van der Waals surface area contributed by atoms with Gasteiger partial charge in [-0.15, -0.1) is 0 Å². The van der Waals surface area contributed by atoms with Crippen LogP contribution in [0.4, 0.5) is 0 Å². The first-order valence-corrected chi connectivity index (χ1v) is 6.47. The van der Waals surface area contributed by atoms with Crippen LogP contribution in [0.1, 0.15) is 29.8 Å². The van der Waals surface area contributed by atoms with E-state index in [1.165, 1.54) is 5.56 Å². The van der Waals surface area contributed by atoms with Crippen LogP contribution in [0.2, 0.25) is 0 Å². The minimum atomic E-state index is 0.352. The van der Waals surface area contributed by atoms with Crippen molar-refractivity contribution in [2.75, 3.05) is 7.05 Å². The fraction of sp³-hybridized carbons (Fsp3) is 0.400. The van der Waals surface area contributed by atoms with Crippen LogP contribution in [0.3, 0.4) is 0 Å². The molecule has 0 fully saturated rings. The van der Waals surface area contributed by atoms with Crippen LogP contribution in [0, 0.1) is 6.92 Å². The standard InChI is InChI=1S/C15H21N3O/c1-11-7-13(12(2)16-3)5-6-15(11)19-9-14-8-17-10-18(14)4/h5-8,10,12,16H,9H2,1-4H3. The second-order valence-electron chi connectivity index (χ2n) is 4.82. The Morgan fingerprint density at radius 3 is 2.79 bits per heavy atom. The summed E-state index contributed by atoms with van der Waals surface area (Å²) >= 11 is 0. The van der Waals surface area contributed by atoms with Gasteiger partial charge in [-0.3, -0.25) is 0 Å². The molecule has 2 rings (SSSR count). The largest absolute Gasteiger partial charge is 0.487 e. The van der Waals surface area contributed by atoms with E-state index in [1.54, 1.807) is 6.33 Å². The minimum absolute atomic E-state index is 0.352. The molecule has 102 valence electrons. The number of benzene rings is 1. The maximum absolute atomic E-state index is 5.85. The first-order valence-electron chi connectivity index (χ1n) is 6.47. The predicted molar refractivity (Wildman–Crippen MR) is 76.2 cm³/mol. The van der Waals surface area contributed by atoms with Crippen molar-refractivity contribution in [1.82, 2.24) is 14.9 Å². The van der Waals surface area contributed by atoms with Crippen LogP contribution >= 0.6 is 0 Å². The van der Waals surface area contributed by atoms with Gasteiger partial charge in [0.25, 0.3) is 0 Å². The normalized spacial score (nSPS) is 12.4. The van der Waals surface area contributed by atoms with Crippen molar-refractivity contribution < 1.29 is 4.74 Å². The smallest absolute Gasteiger partial charge is 0.130 e. The Bertz CT molecular complexity index is 548. The molecule has 19 heavy (non-hydrogen) atoms. The number of nitrogens with zero attached hydrogens (tertiary/aromatic N) is 2. The predicted octanol–water partition coefficient (Wildman–Crippen LogP) is 2.59. The quantitative estimate of drug-likeness (QED) is 0.897. The van der Waals surface area contributed by atoms with Crippen LogP contribution in [0.15, 0.2) is 30.7 Å². The molecule has 0 aliphatic rings. The van der Waals surface area contributed by atoms with Gasteiger partial charge in [0, 0.05) is 13.1 Å². The lowest BCUT2D eigenvalue weighted by Crippen LogP contribution is -2.12. The lowest BCUT2D eigenvalue weighted by atomic mass is 10.1. The molecule has 1 unspecified atom stereocenters. The maximum atomic E-state index is 5.85. The second kappa shape index (κ2) is 5.89. The average molecular weight is 259 g/mol. The van der Waals surface area contributed by atoms with E-state index in [1.807, 2.05) is 30.9 Å². The molecule has 1 N–H and O–H groups in total. The molecule has 0 amide bonds. The van der Waals surface area contributed by atoms with Crippen molar-refractivity contribution in [2.45, 2.75) is 26.5 Å². The van der Waals surface area contributed by atoms with E-state index in [4.69, 9.17) is 4.74 Å². The number of imidazole rings is 1. The van der Waals surface area contributed by atoms with E-state index < -0.39 is 0 Å². The lowest BCUT2D eigenvalue weighted by Gasteiger charge is -2.14. The van der Waals surface area contributed by atoms with Gasteiger partial charge >= 0.3 is 0 Å². The van der Waals surface area contributed by atoms with Crippen LogP contribution in [-0.2, 0) is 13.7 Å². The molecule has 1 aromatic heterocycles. The Morgan fingerprint density at radius 1 is 1.42 bits per heavy atom. The van der Waals surface area contributed by atoms with Crippen LogP contribution < -0.4 is 10.1 Å². The third kappa shape index (κ3) is 3.15. The van der Waals surface area contributed by atoms with Crippen molar-refractivity contribution in [3.63, 3.8) is 0 Å². The van der Waals surface area contributed by atoms with Gasteiger partial charge in [0.15, 0.2) is 0 Å². The molecule has 1 atom stereocenters. The van der Waals surface area contributed by atoms with Crippen molar-refractivity contribution in [3.8, 4) is 5.75 Å². The van der Waals surface area contributed by atoms with Gasteiger partial charge in [-0.1, -0.05) is 12.1 Å². The molecular weight excluding hydrogens is 238 g/mol. The Kier molecular flexibility index (Phi) is 4.22. The van der Waals surface area contributed by atoms with Gasteiger partial charge in [-0.05, 0) is 38.1 Å². The van der Waals surface area contributed by atoms with Crippen LogP contribution in [0.5, 0.6) is 5.75 Å². The summed E-state index contributed by atoms with van der Waals surface area (Å²) in [5, 5.41) is 3.24. The molecule has 0 saturated carbocycles. The first-order chi connectivity index (χ1) is 9.11. The van der Waals surface area contributed by atoms with Gasteiger partial charge in [-0.2, -0.15) is 0 Å².